The van der Waals surface area contributed by atoms with Gasteiger partial charge in [0.2, 0.25) is 11.7 Å². The van der Waals surface area contributed by atoms with Gasteiger partial charge in [0.1, 0.15) is 0 Å². The van der Waals surface area contributed by atoms with Crippen LogP contribution in [0.3, 0.4) is 0 Å². The van der Waals surface area contributed by atoms with Gasteiger partial charge in [0.05, 0.1) is 13.2 Å². The monoisotopic (exact) mass is 204 g/mol. The molecule has 2 N–H and O–H groups in total. The SMILES string of the molecule is COCCn1c(O)c(F)c(=O)[nH]c1=O. The first kappa shape index (κ1) is 10.5. The molecule has 0 saturated heterocycles. The number of hydrogen-bond acceptors (Lipinski definition) is 4. The van der Waals surface area contributed by atoms with Crippen LogP contribution in [0.15, 0.2) is 9.59 Å². The molecule has 0 aromatic carbocycles. The predicted octanol–water partition coefficient (Wildman–Crippen LogP) is -0.972. The Morgan fingerprint density at radius 1 is 1.57 bits per heavy atom. The molecule has 0 spiro atoms. The Labute approximate surface area is 77.6 Å². The minimum Gasteiger partial charge on any atom is -0.492 e. The second kappa shape index (κ2) is 4.05. The van der Waals surface area contributed by atoms with Crippen LogP contribution in [0.1, 0.15) is 0 Å². The van der Waals surface area contributed by atoms with Crippen molar-refractivity contribution in [3.63, 3.8) is 0 Å². The van der Waals surface area contributed by atoms with Gasteiger partial charge in [-0.3, -0.25) is 14.3 Å². The third-order valence-electron chi connectivity index (χ3n) is 1.64. The molecule has 0 fully saturated rings. The van der Waals surface area contributed by atoms with Gasteiger partial charge in [0.15, 0.2) is 0 Å². The lowest BCUT2D eigenvalue weighted by Gasteiger charge is -2.06. The Morgan fingerprint density at radius 3 is 2.79 bits per heavy atom. The van der Waals surface area contributed by atoms with Gasteiger partial charge in [-0.2, -0.15) is 4.39 Å². The van der Waals surface area contributed by atoms with Gasteiger partial charge < -0.3 is 9.84 Å². The molecule has 0 aliphatic rings. The van der Waals surface area contributed by atoms with Gasteiger partial charge in [-0.15, -0.1) is 0 Å². The molecule has 1 rings (SSSR count). The van der Waals surface area contributed by atoms with E-state index in [9.17, 15) is 14.0 Å². The van der Waals surface area contributed by atoms with Crippen molar-refractivity contribution in [2.75, 3.05) is 13.7 Å². The van der Waals surface area contributed by atoms with Crippen LogP contribution in [-0.4, -0.2) is 28.4 Å². The maximum atomic E-state index is 12.8. The summed E-state index contributed by atoms with van der Waals surface area (Å²) in [6.45, 7) is 0.0911. The van der Waals surface area contributed by atoms with E-state index in [0.717, 1.165) is 0 Å². The summed E-state index contributed by atoms with van der Waals surface area (Å²) < 4.78 is 18.1. The van der Waals surface area contributed by atoms with E-state index in [1.54, 1.807) is 4.98 Å². The Morgan fingerprint density at radius 2 is 2.21 bits per heavy atom. The summed E-state index contributed by atoms with van der Waals surface area (Å²) in [6, 6.07) is 0. The molecule has 0 unspecified atom stereocenters. The summed E-state index contributed by atoms with van der Waals surface area (Å²) in [4.78, 5) is 23.4. The number of aromatic amines is 1. The van der Waals surface area contributed by atoms with Crippen LogP contribution < -0.4 is 11.2 Å². The fourth-order valence-electron chi connectivity index (χ4n) is 0.926. The summed E-state index contributed by atoms with van der Waals surface area (Å²) in [7, 11) is 1.39. The van der Waals surface area contributed by atoms with E-state index in [2.05, 4.69) is 4.74 Å². The van der Waals surface area contributed by atoms with Crippen molar-refractivity contribution in [2.45, 2.75) is 6.54 Å². The number of aromatic hydroxyl groups is 1. The highest BCUT2D eigenvalue weighted by atomic mass is 19.1. The normalized spacial score (nSPS) is 10.4. The first-order chi connectivity index (χ1) is 6.57. The first-order valence-electron chi connectivity index (χ1n) is 3.78. The molecule has 78 valence electrons. The number of methoxy groups -OCH3 is 1. The fourth-order valence-corrected chi connectivity index (χ4v) is 0.926. The van der Waals surface area contributed by atoms with E-state index >= 15 is 0 Å². The van der Waals surface area contributed by atoms with Crippen LogP contribution in [0.25, 0.3) is 0 Å². The molecule has 1 aromatic heterocycles. The zero-order valence-corrected chi connectivity index (χ0v) is 7.41. The summed E-state index contributed by atoms with van der Waals surface area (Å²) in [5.41, 5.74) is -2.10. The molecule has 0 saturated carbocycles. The minimum absolute atomic E-state index is 0.0329. The highest BCUT2D eigenvalue weighted by Crippen LogP contribution is 2.06. The zero-order valence-electron chi connectivity index (χ0n) is 7.41. The average molecular weight is 204 g/mol. The summed E-state index contributed by atoms with van der Waals surface area (Å²) in [6.07, 6.45) is 0. The summed E-state index contributed by atoms with van der Waals surface area (Å²) >= 11 is 0. The van der Waals surface area contributed by atoms with Gasteiger partial charge in [0.25, 0.3) is 5.56 Å². The number of rotatable bonds is 3. The van der Waals surface area contributed by atoms with Crippen LogP contribution in [0.2, 0.25) is 0 Å². The maximum Gasteiger partial charge on any atom is 0.331 e. The van der Waals surface area contributed by atoms with Crippen LogP contribution in [-0.2, 0) is 11.3 Å². The second-order valence-electron chi connectivity index (χ2n) is 2.54. The molecule has 0 radical (unpaired) electrons. The van der Waals surface area contributed by atoms with Gasteiger partial charge in [-0.1, -0.05) is 0 Å². The molecule has 0 amide bonds. The topological polar surface area (TPSA) is 84.3 Å². The van der Waals surface area contributed by atoms with E-state index in [-0.39, 0.29) is 13.2 Å². The average Bonchev–Trinajstić information content (AvgIpc) is 2.14. The second-order valence-corrected chi connectivity index (χ2v) is 2.54. The number of hydrogen-bond donors (Lipinski definition) is 2. The Kier molecular flexibility index (Phi) is 3.03. The van der Waals surface area contributed by atoms with E-state index in [0.29, 0.717) is 4.57 Å². The molecule has 0 aliphatic carbocycles. The van der Waals surface area contributed by atoms with E-state index in [1.807, 2.05) is 0 Å². The Hall–Kier alpha value is -1.63. The molecule has 14 heavy (non-hydrogen) atoms. The van der Waals surface area contributed by atoms with E-state index in [4.69, 9.17) is 5.11 Å². The highest BCUT2D eigenvalue weighted by Gasteiger charge is 2.12. The molecule has 1 heterocycles. The zero-order chi connectivity index (χ0) is 10.7. The van der Waals surface area contributed by atoms with Crippen LogP contribution >= 0.6 is 0 Å². The lowest BCUT2D eigenvalue weighted by molar-refractivity contribution is 0.180. The van der Waals surface area contributed by atoms with E-state index < -0.39 is 22.9 Å². The third-order valence-corrected chi connectivity index (χ3v) is 1.64. The van der Waals surface area contributed by atoms with Crippen molar-refractivity contribution < 1.29 is 14.2 Å². The number of nitrogens with one attached hydrogen (secondary N) is 1. The minimum atomic E-state index is -1.37. The van der Waals surface area contributed by atoms with Gasteiger partial charge in [-0.05, 0) is 0 Å². The summed E-state index contributed by atoms with van der Waals surface area (Å²) in [5.74, 6) is -2.35. The van der Waals surface area contributed by atoms with Crippen molar-refractivity contribution in [1.82, 2.24) is 9.55 Å². The van der Waals surface area contributed by atoms with Crippen molar-refractivity contribution in [3.05, 3.63) is 26.7 Å². The lowest BCUT2D eigenvalue weighted by Crippen LogP contribution is -2.32. The molecule has 7 heteroatoms. The first-order valence-corrected chi connectivity index (χ1v) is 3.78. The van der Waals surface area contributed by atoms with Crippen LogP contribution in [0, 0.1) is 5.82 Å². The fraction of sp³-hybridized carbons (Fsp3) is 0.429. The molecule has 0 bridgehead atoms. The van der Waals surface area contributed by atoms with Gasteiger partial charge in [-0.25, -0.2) is 4.79 Å². The van der Waals surface area contributed by atoms with Crippen molar-refractivity contribution in [3.8, 4) is 5.88 Å². The predicted molar refractivity (Wildman–Crippen MR) is 44.8 cm³/mol. The van der Waals surface area contributed by atoms with Crippen molar-refractivity contribution in [1.29, 1.82) is 0 Å². The number of H-pyrrole nitrogens is 1. The number of nitrogens with zero attached hydrogens (tertiary/aromatic N) is 1. The maximum absolute atomic E-state index is 12.8. The quantitative estimate of drug-likeness (QED) is 0.663. The highest BCUT2D eigenvalue weighted by molar-refractivity contribution is 5.09. The van der Waals surface area contributed by atoms with Gasteiger partial charge in [0, 0.05) is 7.11 Å². The standard InChI is InChI=1S/C7H9FN2O4/c1-14-3-2-10-6(12)4(8)5(11)9-7(10)13/h12H,2-3H2,1H3,(H,9,11,13). The Bertz CT molecular complexity index is 436. The molecule has 6 nitrogen and oxygen atoms in total. The molecular weight excluding hydrogens is 195 g/mol. The number of aromatic nitrogens is 2. The lowest BCUT2D eigenvalue weighted by atomic mass is 10.5. The number of halogens is 1. The van der Waals surface area contributed by atoms with Crippen molar-refractivity contribution in [2.24, 2.45) is 0 Å². The van der Waals surface area contributed by atoms with Crippen LogP contribution in [0.5, 0.6) is 5.88 Å². The van der Waals surface area contributed by atoms with E-state index in [1.165, 1.54) is 7.11 Å². The smallest absolute Gasteiger partial charge is 0.331 e. The molecule has 1 aromatic rings. The number of ether oxygens (including phenoxy) is 1. The summed E-state index contributed by atoms with van der Waals surface area (Å²) in [5, 5.41) is 9.10. The molecule has 0 aliphatic heterocycles. The molecule has 0 atom stereocenters. The third kappa shape index (κ3) is 1.82. The molecular formula is C7H9FN2O4. The van der Waals surface area contributed by atoms with Crippen LogP contribution in [0.4, 0.5) is 4.39 Å². The largest absolute Gasteiger partial charge is 0.492 e. The van der Waals surface area contributed by atoms with Gasteiger partial charge >= 0.3 is 5.69 Å². The van der Waals surface area contributed by atoms with Crippen molar-refractivity contribution >= 4 is 0 Å². The Balaban J connectivity index is 3.23.